The van der Waals surface area contributed by atoms with Crippen LogP contribution in [0, 0.1) is 0 Å². The molecule has 0 saturated heterocycles. The second-order valence-electron chi connectivity index (χ2n) is 5.28. The van der Waals surface area contributed by atoms with E-state index < -0.39 is 0 Å². The van der Waals surface area contributed by atoms with Crippen molar-refractivity contribution in [2.45, 2.75) is 6.54 Å². The highest BCUT2D eigenvalue weighted by Gasteiger charge is 2.07. The van der Waals surface area contributed by atoms with Crippen molar-refractivity contribution in [2.24, 2.45) is 4.99 Å². The summed E-state index contributed by atoms with van der Waals surface area (Å²) in [5.41, 5.74) is 1.02. The van der Waals surface area contributed by atoms with E-state index in [-0.39, 0.29) is 5.91 Å². The largest absolute Gasteiger partial charge is 0.493 e. The Bertz CT molecular complexity index is 729. The first-order chi connectivity index (χ1) is 12.7. The normalized spacial score (nSPS) is 11.0. The number of carbonyl (C=O) groups excluding carboxylic acids is 1. The van der Waals surface area contributed by atoms with E-state index in [0.717, 1.165) is 5.56 Å². The molecule has 0 saturated carbocycles. The fourth-order valence-corrected chi connectivity index (χ4v) is 2.25. The molecule has 0 bridgehead atoms. The molecular formula is C18H24N4O4. The molecule has 2 rings (SSSR count). The molecule has 0 atom stereocenters. The third-order valence-corrected chi connectivity index (χ3v) is 3.58. The van der Waals surface area contributed by atoms with E-state index in [9.17, 15) is 4.79 Å². The molecule has 0 spiro atoms. The van der Waals surface area contributed by atoms with E-state index >= 15 is 0 Å². The standard InChI is InChI=1S/C18H24N4O4/c1-19-18(21-9-8-20-17(23)15-5-4-10-26-15)22-12-13-6-7-14(24-2)16(11-13)25-3/h4-7,10-11H,8-9,12H2,1-3H3,(H,20,23)(H2,19,21,22). The third kappa shape index (κ3) is 5.44. The SMILES string of the molecule is CN=C(NCCNC(=O)c1ccco1)NCc1ccc(OC)c(OC)c1. The van der Waals surface area contributed by atoms with E-state index in [1.807, 2.05) is 18.2 Å². The second-order valence-corrected chi connectivity index (χ2v) is 5.28. The Kier molecular flexibility index (Phi) is 7.35. The maximum Gasteiger partial charge on any atom is 0.287 e. The maximum atomic E-state index is 11.7. The van der Waals surface area contributed by atoms with Gasteiger partial charge in [-0.2, -0.15) is 0 Å². The zero-order chi connectivity index (χ0) is 18.8. The fourth-order valence-electron chi connectivity index (χ4n) is 2.25. The number of aliphatic imine (C=N–C) groups is 1. The van der Waals surface area contributed by atoms with Crippen molar-refractivity contribution in [3.8, 4) is 11.5 Å². The number of ether oxygens (including phenoxy) is 2. The lowest BCUT2D eigenvalue weighted by Crippen LogP contribution is -2.41. The second kappa shape index (κ2) is 9.97. The van der Waals surface area contributed by atoms with Gasteiger partial charge in [-0.15, -0.1) is 0 Å². The Labute approximate surface area is 152 Å². The summed E-state index contributed by atoms with van der Waals surface area (Å²) in [7, 11) is 4.89. The first-order valence-electron chi connectivity index (χ1n) is 8.15. The molecule has 1 amide bonds. The molecule has 140 valence electrons. The van der Waals surface area contributed by atoms with E-state index in [1.54, 1.807) is 33.4 Å². The van der Waals surface area contributed by atoms with Crippen molar-refractivity contribution in [2.75, 3.05) is 34.4 Å². The van der Waals surface area contributed by atoms with E-state index in [1.165, 1.54) is 6.26 Å². The maximum absolute atomic E-state index is 11.7. The molecule has 0 aliphatic rings. The number of hydrogen-bond donors (Lipinski definition) is 3. The Morgan fingerprint density at radius 1 is 1.08 bits per heavy atom. The molecule has 8 heteroatoms. The van der Waals surface area contributed by atoms with Gasteiger partial charge in [-0.3, -0.25) is 9.79 Å². The van der Waals surface area contributed by atoms with Gasteiger partial charge in [-0.05, 0) is 29.8 Å². The van der Waals surface area contributed by atoms with Crippen LogP contribution in [-0.4, -0.2) is 46.2 Å². The van der Waals surface area contributed by atoms with Crippen LogP contribution in [0.15, 0.2) is 46.0 Å². The van der Waals surface area contributed by atoms with Gasteiger partial charge in [0.1, 0.15) is 0 Å². The molecule has 3 N–H and O–H groups in total. The molecule has 8 nitrogen and oxygen atoms in total. The van der Waals surface area contributed by atoms with Crippen LogP contribution in [0.2, 0.25) is 0 Å². The fraction of sp³-hybridized carbons (Fsp3) is 0.333. The minimum Gasteiger partial charge on any atom is -0.493 e. The summed E-state index contributed by atoms with van der Waals surface area (Å²) in [6.45, 7) is 1.54. The highest BCUT2D eigenvalue weighted by molar-refractivity contribution is 5.91. The number of amides is 1. The van der Waals surface area contributed by atoms with Gasteiger partial charge in [-0.25, -0.2) is 0 Å². The van der Waals surface area contributed by atoms with Gasteiger partial charge in [0, 0.05) is 26.7 Å². The van der Waals surface area contributed by atoms with Crippen LogP contribution in [0.5, 0.6) is 11.5 Å². The summed E-state index contributed by atoms with van der Waals surface area (Å²) < 4.78 is 15.6. The van der Waals surface area contributed by atoms with Gasteiger partial charge >= 0.3 is 0 Å². The molecule has 0 aliphatic heterocycles. The number of hydrogen-bond acceptors (Lipinski definition) is 5. The molecule has 1 heterocycles. The monoisotopic (exact) mass is 360 g/mol. The van der Waals surface area contributed by atoms with Crippen molar-refractivity contribution >= 4 is 11.9 Å². The summed E-state index contributed by atoms with van der Waals surface area (Å²) in [5.74, 6) is 2.04. The number of rotatable bonds is 8. The quantitative estimate of drug-likeness (QED) is 0.374. The summed E-state index contributed by atoms with van der Waals surface area (Å²) >= 11 is 0. The van der Waals surface area contributed by atoms with Crippen molar-refractivity contribution < 1.29 is 18.7 Å². The first-order valence-corrected chi connectivity index (χ1v) is 8.15. The van der Waals surface area contributed by atoms with Crippen LogP contribution < -0.4 is 25.4 Å². The number of methoxy groups -OCH3 is 2. The highest BCUT2D eigenvalue weighted by atomic mass is 16.5. The van der Waals surface area contributed by atoms with Crippen molar-refractivity contribution in [3.05, 3.63) is 47.9 Å². The number of furan rings is 1. The molecule has 1 aromatic heterocycles. The van der Waals surface area contributed by atoms with Crippen LogP contribution in [-0.2, 0) is 6.54 Å². The molecule has 2 aromatic rings. The molecular weight excluding hydrogens is 336 g/mol. The van der Waals surface area contributed by atoms with Gasteiger partial charge in [0.2, 0.25) is 0 Å². The van der Waals surface area contributed by atoms with Crippen LogP contribution in [0.4, 0.5) is 0 Å². The Morgan fingerprint density at radius 2 is 1.85 bits per heavy atom. The lowest BCUT2D eigenvalue weighted by molar-refractivity contribution is 0.0926. The van der Waals surface area contributed by atoms with Gasteiger partial charge in [0.05, 0.1) is 20.5 Å². The lowest BCUT2D eigenvalue weighted by Gasteiger charge is -2.13. The number of nitrogens with zero attached hydrogens (tertiary/aromatic N) is 1. The number of nitrogens with one attached hydrogen (secondary N) is 3. The van der Waals surface area contributed by atoms with Crippen molar-refractivity contribution in [1.82, 2.24) is 16.0 Å². The molecule has 0 fully saturated rings. The van der Waals surface area contributed by atoms with Crippen LogP contribution in [0.3, 0.4) is 0 Å². The number of benzene rings is 1. The van der Waals surface area contributed by atoms with Gasteiger partial charge in [0.15, 0.2) is 23.2 Å². The van der Waals surface area contributed by atoms with E-state index in [4.69, 9.17) is 13.9 Å². The predicted octanol–water partition coefficient (Wildman–Crippen LogP) is 1.39. The number of carbonyl (C=O) groups is 1. The summed E-state index contributed by atoms with van der Waals surface area (Å²) in [5, 5.41) is 9.09. The summed E-state index contributed by atoms with van der Waals surface area (Å²) in [6.07, 6.45) is 1.47. The first kappa shape index (κ1) is 19.2. The van der Waals surface area contributed by atoms with Gasteiger partial charge in [0.25, 0.3) is 5.91 Å². The van der Waals surface area contributed by atoms with Gasteiger partial charge in [-0.1, -0.05) is 6.07 Å². The predicted molar refractivity (Wildman–Crippen MR) is 98.8 cm³/mol. The topological polar surface area (TPSA) is 97.1 Å². The van der Waals surface area contributed by atoms with Crippen LogP contribution in [0.1, 0.15) is 16.1 Å². The molecule has 0 aliphatic carbocycles. The van der Waals surface area contributed by atoms with Crippen LogP contribution >= 0.6 is 0 Å². The zero-order valence-electron chi connectivity index (χ0n) is 15.2. The van der Waals surface area contributed by atoms with E-state index in [2.05, 4.69) is 20.9 Å². The average molecular weight is 360 g/mol. The highest BCUT2D eigenvalue weighted by Crippen LogP contribution is 2.27. The molecule has 26 heavy (non-hydrogen) atoms. The Hall–Kier alpha value is -3.16. The van der Waals surface area contributed by atoms with E-state index in [0.29, 0.717) is 42.9 Å². The summed E-state index contributed by atoms with van der Waals surface area (Å²) in [4.78, 5) is 15.9. The average Bonchev–Trinajstić information content (AvgIpc) is 3.21. The Morgan fingerprint density at radius 3 is 2.50 bits per heavy atom. The van der Waals surface area contributed by atoms with Crippen LogP contribution in [0.25, 0.3) is 0 Å². The smallest absolute Gasteiger partial charge is 0.287 e. The number of guanidine groups is 1. The van der Waals surface area contributed by atoms with Crippen molar-refractivity contribution in [3.63, 3.8) is 0 Å². The third-order valence-electron chi connectivity index (χ3n) is 3.58. The molecule has 1 aromatic carbocycles. The summed E-state index contributed by atoms with van der Waals surface area (Å²) in [6, 6.07) is 9.00. The molecule has 0 radical (unpaired) electrons. The zero-order valence-corrected chi connectivity index (χ0v) is 15.2. The van der Waals surface area contributed by atoms with Crippen molar-refractivity contribution in [1.29, 1.82) is 0 Å². The minimum absolute atomic E-state index is 0.245. The molecule has 0 unspecified atom stereocenters. The van der Waals surface area contributed by atoms with Gasteiger partial charge < -0.3 is 29.8 Å². The minimum atomic E-state index is -0.245. The Balaban J connectivity index is 1.75. The lowest BCUT2D eigenvalue weighted by atomic mass is 10.2.